The maximum atomic E-state index is 12.6. The van der Waals surface area contributed by atoms with E-state index < -0.39 is 20.4 Å². The number of benzene rings is 1. The Morgan fingerprint density at radius 3 is 2.59 bits per heavy atom. The number of nitrogen functional groups attached to an aromatic ring is 1. The van der Waals surface area contributed by atoms with Crippen LogP contribution in [-0.2, 0) is 9.84 Å². The summed E-state index contributed by atoms with van der Waals surface area (Å²) >= 11 is 0. The van der Waals surface area contributed by atoms with E-state index in [4.69, 9.17) is 5.73 Å². The maximum Gasteiger partial charge on any atom is 0.330 e. The van der Waals surface area contributed by atoms with Crippen molar-refractivity contribution in [3.8, 4) is 0 Å². The van der Waals surface area contributed by atoms with Crippen LogP contribution in [0.1, 0.15) is 26.2 Å². The van der Waals surface area contributed by atoms with E-state index >= 15 is 0 Å². The summed E-state index contributed by atoms with van der Waals surface area (Å²) in [6.07, 6.45) is 2.05. The minimum atomic E-state index is -3.82. The molecule has 0 bridgehead atoms. The van der Waals surface area contributed by atoms with Crippen LogP contribution < -0.4 is 5.73 Å². The van der Waals surface area contributed by atoms with Crippen LogP contribution in [0.4, 0.5) is 11.5 Å². The summed E-state index contributed by atoms with van der Waals surface area (Å²) < 4.78 is 25.2. The maximum absolute atomic E-state index is 12.6. The van der Waals surface area contributed by atoms with Gasteiger partial charge in [-0.1, -0.05) is 38.0 Å². The number of nitro groups is 1. The fourth-order valence-electron chi connectivity index (χ4n) is 2.33. The Morgan fingerprint density at radius 2 is 1.95 bits per heavy atom. The summed E-state index contributed by atoms with van der Waals surface area (Å²) in [5.41, 5.74) is 5.33. The fraction of sp³-hybridized carbons (Fsp3) is 0.357. The highest BCUT2D eigenvalue weighted by molar-refractivity contribution is 7.91. The summed E-state index contributed by atoms with van der Waals surface area (Å²) in [4.78, 5) is 14.1. The lowest BCUT2D eigenvalue weighted by atomic mass is 10.2. The average molecular weight is 323 g/mol. The number of hydrogen-bond donors (Lipinski definition) is 1. The standard InChI is InChI=1S/C14H17N3O4S/c1-2-3-6-9-22(20,21)13-10-7-4-5-8-11(10)16-14(15)12(13)17(18)19/h4-5,7-8H,2-3,6,9H2,1H3,(H2,15,16). The van der Waals surface area contributed by atoms with E-state index in [1.807, 2.05) is 6.92 Å². The lowest BCUT2D eigenvalue weighted by Gasteiger charge is -2.10. The number of rotatable bonds is 6. The zero-order valence-corrected chi connectivity index (χ0v) is 13.0. The average Bonchev–Trinajstić information content (AvgIpc) is 2.45. The van der Waals surface area contributed by atoms with Gasteiger partial charge in [0.2, 0.25) is 5.82 Å². The van der Waals surface area contributed by atoms with Gasteiger partial charge in [-0.05, 0) is 12.5 Å². The number of pyridine rings is 1. The largest absolute Gasteiger partial charge is 0.378 e. The molecule has 0 unspecified atom stereocenters. The van der Waals surface area contributed by atoms with Crippen molar-refractivity contribution in [2.75, 3.05) is 11.5 Å². The van der Waals surface area contributed by atoms with Gasteiger partial charge in [0.05, 0.1) is 16.2 Å². The Hall–Kier alpha value is -2.22. The molecule has 0 atom stereocenters. The normalized spacial score (nSPS) is 11.7. The molecule has 0 saturated heterocycles. The van der Waals surface area contributed by atoms with Gasteiger partial charge in [-0.15, -0.1) is 0 Å². The Morgan fingerprint density at radius 1 is 1.27 bits per heavy atom. The van der Waals surface area contributed by atoms with Crippen LogP contribution in [0.25, 0.3) is 10.9 Å². The number of nitrogens with two attached hydrogens (primary N) is 1. The smallest absolute Gasteiger partial charge is 0.330 e. The van der Waals surface area contributed by atoms with E-state index in [1.54, 1.807) is 18.2 Å². The van der Waals surface area contributed by atoms with Gasteiger partial charge in [-0.2, -0.15) is 0 Å². The Balaban J connectivity index is 2.73. The van der Waals surface area contributed by atoms with Crippen LogP contribution in [0.15, 0.2) is 29.2 Å². The molecule has 118 valence electrons. The molecule has 0 aliphatic rings. The summed E-state index contributed by atoms with van der Waals surface area (Å²) in [5.74, 6) is -0.521. The number of sulfone groups is 1. The highest BCUT2D eigenvalue weighted by Gasteiger charge is 2.31. The molecule has 2 aromatic rings. The number of fused-ring (bicyclic) bond motifs is 1. The topological polar surface area (TPSA) is 116 Å². The third-order valence-electron chi connectivity index (χ3n) is 3.36. The van der Waals surface area contributed by atoms with E-state index in [-0.39, 0.29) is 21.9 Å². The first-order valence-corrected chi connectivity index (χ1v) is 8.59. The van der Waals surface area contributed by atoms with Crippen molar-refractivity contribution in [3.05, 3.63) is 34.4 Å². The molecule has 2 N–H and O–H groups in total. The second-order valence-corrected chi connectivity index (χ2v) is 7.02. The first-order valence-electron chi connectivity index (χ1n) is 6.94. The summed E-state index contributed by atoms with van der Waals surface area (Å²) in [6.45, 7) is 1.95. The molecule has 0 aliphatic heterocycles. The van der Waals surface area contributed by atoms with E-state index in [0.29, 0.717) is 11.9 Å². The second kappa shape index (κ2) is 6.27. The number of hydrogen-bond acceptors (Lipinski definition) is 6. The second-order valence-electron chi connectivity index (χ2n) is 4.98. The first-order chi connectivity index (χ1) is 10.4. The van der Waals surface area contributed by atoms with Crippen LogP contribution in [-0.4, -0.2) is 24.1 Å². The van der Waals surface area contributed by atoms with E-state index in [1.165, 1.54) is 6.07 Å². The lowest BCUT2D eigenvalue weighted by Crippen LogP contribution is -2.13. The van der Waals surface area contributed by atoms with Crippen LogP contribution >= 0.6 is 0 Å². The fourth-order valence-corrected chi connectivity index (χ4v) is 4.09. The Kier molecular flexibility index (Phi) is 4.60. The molecule has 22 heavy (non-hydrogen) atoms. The van der Waals surface area contributed by atoms with Crippen molar-refractivity contribution < 1.29 is 13.3 Å². The van der Waals surface area contributed by atoms with Crippen molar-refractivity contribution >= 4 is 32.2 Å². The number of nitrogens with zero attached hydrogens (tertiary/aromatic N) is 2. The minimum Gasteiger partial charge on any atom is -0.378 e. The van der Waals surface area contributed by atoms with Gasteiger partial charge in [-0.3, -0.25) is 10.1 Å². The molecule has 0 amide bonds. The highest BCUT2D eigenvalue weighted by Crippen LogP contribution is 2.35. The monoisotopic (exact) mass is 323 g/mol. The molecule has 0 aliphatic carbocycles. The SMILES string of the molecule is CCCCCS(=O)(=O)c1c([N+](=O)[O-])c(N)nc2ccccc12. The molecule has 0 radical (unpaired) electrons. The predicted octanol–water partition coefficient (Wildman–Crippen LogP) is 2.69. The molecule has 7 nitrogen and oxygen atoms in total. The van der Waals surface area contributed by atoms with Gasteiger partial charge in [0.25, 0.3) is 0 Å². The van der Waals surface area contributed by atoms with Gasteiger partial charge in [0.1, 0.15) is 0 Å². The molecule has 2 rings (SSSR count). The Bertz CT molecular complexity index is 818. The third-order valence-corrected chi connectivity index (χ3v) is 5.22. The van der Waals surface area contributed by atoms with Crippen LogP contribution in [0.3, 0.4) is 0 Å². The van der Waals surface area contributed by atoms with Crippen molar-refractivity contribution in [3.63, 3.8) is 0 Å². The van der Waals surface area contributed by atoms with Crippen LogP contribution in [0.2, 0.25) is 0 Å². The molecule has 1 aromatic heterocycles. The number of aromatic nitrogens is 1. The molecule has 0 spiro atoms. The van der Waals surface area contributed by atoms with Gasteiger partial charge in [0, 0.05) is 5.39 Å². The van der Waals surface area contributed by atoms with E-state index in [0.717, 1.165) is 12.8 Å². The molecule has 8 heteroatoms. The van der Waals surface area contributed by atoms with Crippen LogP contribution in [0, 0.1) is 10.1 Å². The molecular formula is C14H17N3O4S. The molecule has 1 heterocycles. The van der Waals surface area contributed by atoms with Gasteiger partial charge >= 0.3 is 5.69 Å². The third kappa shape index (κ3) is 3.01. The zero-order valence-electron chi connectivity index (χ0n) is 12.2. The van der Waals surface area contributed by atoms with Gasteiger partial charge in [0.15, 0.2) is 14.7 Å². The summed E-state index contributed by atoms with van der Waals surface area (Å²) in [6, 6.07) is 6.39. The Labute approximate surface area is 128 Å². The lowest BCUT2D eigenvalue weighted by molar-refractivity contribution is -0.386. The van der Waals surface area contributed by atoms with Gasteiger partial charge in [-0.25, -0.2) is 13.4 Å². The van der Waals surface area contributed by atoms with Crippen molar-refractivity contribution in [2.24, 2.45) is 0 Å². The van der Waals surface area contributed by atoms with Crippen molar-refractivity contribution in [1.29, 1.82) is 0 Å². The van der Waals surface area contributed by atoms with E-state index in [9.17, 15) is 18.5 Å². The van der Waals surface area contributed by atoms with Crippen LogP contribution in [0.5, 0.6) is 0 Å². The number of unbranched alkanes of at least 4 members (excludes halogenated alkanes) is 2. The van der Waals surface area contributed by atoms with Gasteiger partial charge < -0.3 is 5.73 Å². The number of anilines is 1. The number of para-hydroxylation sites is 1. The summed E-state index contributed by atoms with van der Waals surface area (Å²) in [5, 5.41) is 11.5. The van der Waals surface area contributed by atoms with Crippen molar-refractivity contribution in [1.82, 2.24) is 4.98 Å². The first kappa shape index (κ1) is 16.2. The molecule has 1 aromatic carbocycles. The molecule has 0 saturated carbocycles. The molecular weight excluding hydrogens is 306 g/mol. The van der Waals surface area contributed by atoms with Crippen molar-refractivity contribution in [2.45, 2.75) is 31.1 Å². The highest BCUT2D eigenvalue weighted by atomic mass is 32.2. The zero-order chi connectivity index (χ0) is 16.3. The quantitative estimate of drug-likeness (QED) is 0.496. The molecule has 0 fully saturated rings. The predicted molar refractivity (Wildman–Crippen MR) is 84.4 cm³/mol. The minimum absolute atomic E-state index is 0.144. The summed E-state index contributed by atoms with van der Waals surface area (Å²) in [7, 11) is -3.82. The van der Waals surface area contributed by atoms with E-state index in [2.05, 4.69) is 4.98 Å².